The van der Waals surface area contributed by atoms with Crippen LogP contribution in [0.2, 0.25) is 10.0 Å². The van der Waals surface area contributed by atoms with Gasteiger partial charge < -0.3 is 9.80 Å². The van der Waals surface area contributed by atoms with Crippen LogP contribution in [-0.4, -0.2) is 35.6 Å². The highest BCUT2D eigenvalue weighted by Crippen LogP contribution is 2.40. The van der Waals surface area contributed by atoms with Crippen LogP contribution in [0, 0.1) is 5.92 Å². The molecule has 2 aromatic rings. The Morgan fingerprint density at radius 3 is 2.30 bits per heavy atom. The molecule has 0 aromatic heterocycles. The molecule has 7 heteroatoms. The summed E-state index contributed by atoms with van der Waals surface area (Å²) in [7, 11) is 0. The zero-order valence-corrected chi connectivity index (χ0v) is 16.8. The number of hydrogen-bond donors (Lipinski definition) is 0. The lowest BCUT2D eigenvalue weighted by atomic mass is 10.1. The molecule has 140 valence electrons. The smallest absolute Gasteiger partial charge is 0.229 e. The standard InChI is InChI=1S/C20H18Cl2N2O2S/c21-15-3-1-13(2-4-15)20-23(9-10-27-20)19(26)14-11-18(25)24(12-14)17-7-5-16(22)6-8-17/h1-8,14,20H,9-12H2. The van der Waals surface area contributed by atoms with Crippen molar-refractivity contribution in [1.82, 2.24) is 4.90 Å². The molecular weight excluding hydrogens is 403 g/mol. The Morgan fingerprint density at radius 2 is 1.63 bits per heavy atom. The quantitative estimate of drug-likeness (QED) is 0.726. The van der Waals surface area contributed by atoms with Gasteiger partial charge in [0, 0.05) is 41.0 Å². The summed E-state index contributed by atoms with van der Waals surface area (Å²) in [4.78, 5) is 29.2. The molecule has 2 unspecified atom stereocenters. The fourth-order valence-electron chi connectivity index (χ4n) is 3.58. The first-order valence-corrected chi connectivity index (χ1v) is 10.6. The average Bonchev–Trinajstić information content (AvgIpc) is 3.30. The van der Waals surface area contributed by atoms with Gasteiger partial charge in [0.05, 0.1) is 5.92 Å². The van der Waals surface area contributed by atoms with Gasteiger partial charge in [-0.15, -0.1) is 11.8 Å². The van der Waals surface area contributed by atoms with Gasteiger partial charge in [-0.1, -0.05) is 35.3 Å². The van der Waals surface area contributed by atoms with Crippen molar-refractivity contribution >= 4 is 52.5 Å². The Kier molecular flexibility index (Phi) is 5.35. The van der Waals surface area contributed by atoms with E-state index < -0.39 is 0 Å². The molecule has 2 fully saturated rings. The van der Waals surface area contributed by atoms with Crippen LogP contribution in [0.5, 0.6) is 0 Å². The van der Waals surface area contributed by atoms with E-state index in [-0.39, 0.29) is 29.5 Å². The van der Waals surface area contributed by atoms with Gasteiger partial charge in [0.15, 0.2) is 0 Å². The van der Waals surface area contributed by atoms with Crippen molar-refractivity contribution in [3.8, 4) is 0 Å². The van der Waals surface area contributed by atoms with E-state index in [1.54, 1.807) is 28.8 Å². The second kappa shape index (κ2) is 7.74. The molecule has 0 saturated carbocycles. The third kappa shape index (κ3) is 3.82. The highest BCUT2D eigenvalue weighted by molar-refractivity contribution is 7.99. The molecule has 4 nitrogen and oxygen atoms in total. The van der Waals surface area contributed by atoms with Crippen LogP contribution < -0.4 is 4.90 Å². The second-order valence-electron chi connectivity index (χ2n) is 6.69. The first kappa shape index (κ1) is 18.7. The number of amides is 2. The van der Waals surface area contributed by atoms with Gasteiger partial charge in [0.25, 0.3) is 0 Å². The number of nitrogens with zero attached hydrogens (tertiary/aromatic N) is 2. The topological polar surface area (TPSA) is 40.6 Å². The summed E-state index contributed by atoms with van der Waals surface area (Å²) < 4.78 is 0. The van der Waals surface area contributed by atoms with Crippen molar-refractivity contribution in [3.63, 3.8) is 0 Å². The van der Waals surface area contributed by atoms with E-state index in [1.165, 1.54) is 0 Å². The highest BCUT2D eigenvalue weighted by atomic mass is 35.5. The predicted molar refractivity (Wildman–Crippen MR) is 110 cm³/mol. The fourth-order valence-corrected chi connectivity index (χ4v) is 5.09. The summed E-state index contributed by atoms with van der Waals surface area (Å²) >= 11 is 13.7. The number of thioether (sulfide) groups is 1. The van der Waals surface area contributed by atoms with Crippen molar-refractivity contribution < 1.29 is 9.59 Å². The molecule has 4 rings (SSSR count). The summed E-state index contributed by atoms with van der Waals surface area (Å²) in [5.74, 6) is 0.595. The summed E-state index contributed by atoms with van der Waals surface area (Å²) in [5, 5.41) is 1.28. The van der Waals surface area contributed by atoms with E-state index in [2.05, 4.69) is 0 Å². The normalized spacial score (nSPS) is 22.5. The molecule has 2 aromatic carbocycles. The number of benzene rings is 2. The summed E-state index contributed by atoms with van der Waals surface area (Å²) in [6, 6.07) is 14.8. The minimum Gasteiger partial charge on any atom is -0.325 e. The van der Waals surface area contributed by atoms with Gasteiger partial charge in [-0.2, -0.15) is 0 Å². The molecule has 0 radical (unpaired) electrons. The SMILES string of the molecule is O=C1CC(C(=O)N2CCSC2c2ccc(Cl)cc2)CN1c1ccc(Cl)cc1. The molecule has 0 spiro atoms. The van der Waals surface area contributed by atoms with Crippen molar-refractivity contribution in [2.45, 2.75) is 11.8 Å². The summed E-state index contributed by atoms with van der Waals surface area (Å²) in [6.07, 6.45) is 0.246. The Labute approximate surface area is 172 Å². The van der Waals surface area contributed by atoms with Crippen molar-refractivity contribution in [2.75, 3.05) is 23.7 Å². The lowest BCUT2D eigenvalue weighted by molar-refractivity contribution is -0.136. The highest BCUT2D eigenvalue weighted by Gasteiger charge is 2.40. The molecule has 2 saturated heterocycles. The van der Waals surface area contributed by atoms with Crippen LogP contribution in [0.25, 0.3) is 0 Å². The number of hydrogen-bond acceptors (Lipinski definition) is 3. The van der Waals surface area contributed by atoms with Crippen LogP contribution in [0.4, 0.5) is 5.69 Å². The molecule has 2 amide bonds. The number of carbonyl (C=O) groups is 2. The van der Waals surface area contributed by atoms with Gasteiger partial charge in [-0.05, 0) is 42.0 Å². The zero-order chi connectivity index (χ0) is 19.0. The molecule has 2 aliphatic heterocycles. The number of halogens is 2. The largest absolute Gasteiger partial charge is 0.325 e. The Bertz CT molecular complexity index is 857. The molecule has 0 bridgehead atoms. The van der Waals surface area contributed by atoms with E-state index in [0.29, 0.717) is 23.1 Å². The zero-order valence-electron chi connectivity index (χ0n) is 14.5. The van der Waals surface area contributed by atoms with Crippen LogP contribution in [-0.2, 0) is 9.59 Å². The van der Waals surface area contributed by atoms with Crippen LogP contribution in [0.15, 0.2) is 48.5 Å². The third-order valence-corrected chi connectivity index (χ3v) is 6.71. The maximum atomic E-state index is 13.2. The lowest BCUT2D eigenvalue weighted by Crippen LogP contribution is -2.37. The minimum atomic E-state index is -0.318. The second-order valence-corrected chi connectivity index (χ2v) is 8.75. The summed E-state index contributed by atoms with van der Waals surface area (Å²) in [6.45, 7) is 1.11. The van der Waals surface area contributed by atoms with Gasteiger partial charge >= 0.3 is 0 Å². The van der Waals surface area contributed by atoms with Gasteiger partial charge in [-0.25, -0.2) is 0 Å². The van der Waals surface area contributed by atoms with Crippen molar-refractivity contribution in [3.05, 3.63) is 64.1 Å². The van der Waals surface area contributed by atoms with E-state index in [9.17, 15) is 9.59 Å². The first-order chi connectivity index (χ1) is 13.0. The average molecular weight is 421 g/mol. The fraction of sp³-hybridized carbons (Fsp3) is 0.300. The number of rotatable bonds is 3. The van der Waals surface area contributed by atoms with Crippen molar-refractivity contribution in [1.29, 1.82) is 0 Å². The third-order valence-electron chi connectivity index (χ3n) is 4.94. The van der Waals surface area contributed by atoms with Crippen molar-refractivity contribution in [2.24, 2.45) is 5.92 Å². The van der Waals surface area contributed by atoms with E-state index in [0.717, 1.165) is 17.0 Å². The van der Waals surface area contributed by atoms with E-state index in [4.69, 9.17) is 23.2 Å². The maximum Gasteiger partial charge on any atom is 0.229 e. The Morgan fingerprint density at radius 1 is 1.00 bits per heavy atom. The molecule has 0 N–H and O–H groups in total. The van der Waals surface area contributed by atoms with Crippen LogP contribution in [0.3, 0.4) is 0 Å². The van der Waals surface area contributed by atoms with Gasteiger partial charge in [0.1, 0.15) is 5.37 Å². The predicted octanol–water partition coefficient (Wildman–Crippen LogP) is 4.62. The van der Waals surface area contributed by atoms with Crippen LogP contribution >= 0.6 is 35.0 Å². The molecule has 2 aliphatic rings. The maximum absolute atomic E-state index is 13.2. The first-order valence-electron chi connectivity index (χ1n) is 8.76. The summed E-state index contributed by atoms with van der Waals surface area (Å²) in [5.41, 5.74) is 1.85. The van der Waals surface area contributed by atoms with Crippen LogP contribution in [0.1, 0.15) is 17.4 Å². The van der Waals surface area contributed by atoms with E-state index >= 15 is 0 Å². The number of carbonyl (C=O) groups excluding carboxylic acids is 2. The van der Waals surface area contributed by atoms with E-state index in [1.807, 2.05) is 41.3 Å². The van der Waals surface area contributed by atoms with Gasteiger partial charge in [0.2, 0.25) is 11.8 Å². The molecule has 2 atom stereocenters. The monoisotopic (exact) mass is 420 g/mol. The molecule has 0 aliphatic carbocycles. The number of anilines is 1. The minimum absolute atomic E-state index is 0.0190. The molecule has 27 heavy (non-hydrogen) atoms. The molecule has 2 heterocycles. The lowest BCUT2D eigenvalue weighted by Gasteiger charge is -2.27. The Hall–Kier alpha value is -1.69. The molecular formula is C20H18Cl2N2O2S. The Balaban J connectivity index is 1.50. The van der Waals surface area contributed by atoms with Gasteiger partial charge in [-0.3, -0.25) is 9.59 Å².